The first-order chi connectivity index (χ1) is 12.8. The molecule has 1 heterocycles. The standard InChI is InChI=1S/C23H19NO2/c25-22(19-12-6-2-7-13-19)17-23(20-14-8-3-9-15-20)16-21(24-26-23)18-10-4-1-5-11-18/h1-16,24H,17H2/t23-/m1/s1. The van der Waals surface area contributed by atoms with Gasteiger partial charge >= 0.3 is 0 Å². The fourth-order valence-corrected chi connectivity index (χ4v) is 3.21. The third kappa shape index (κ3) is 3.17. The van der Waals surface area contributed by atoms with Crippen LogP contribution in [0.1, 0.15) is 27.9 Å². The molecule has 26 heavy (non-hydrogen) atoms. The van der Waals surface area contributed by atoms with E-state index in [1.54, 1.807) is 0 Å². The molecule has 3 aromatic rings. The second kappa shape index (κ2) is 6.98. The number of carbonyl (C=O) groups is 1. The second-order valence-corrected chi connectivity index (χ2v) is 6.35. The van der Waals surface area contributed by atoms with Crippen molar-refractivity contribution in [2.75, 3.05) is 0 Å². The molecular weight excluding hydrogens is 322 g/mol. The lowest BCUT2D eigenvalue weighted by atomic mass is 9.86. The number of carbonyl (C=O) groups excluding carboxylic acids is 1. The maximum atomic E-state index is 12.9. The fourth-order valence-electron chi connectivity index (χ4n) is 3.21. The third-order valence-electron chi connectivity index (χ3n) is 4.59. The molecular formula is C23H19NO2. The van der Waals surface area contributed by atoms with Gasteiger partial charge in [-0.1, -0.05) is 91.0 Å². The summed E-state index contributed by atoms with van der Waals surface area (Å²) >= 11 is 0. The van der Waals surface area contributed by atoms with Crippen LogP contribution in [0.5, 0.6) is 0 Å². The van der Waals surface area contributed by atoms with E-state index in [4.69, 9.17) is 4.84 Å². The van der Waals surface area contributed by atoms with Gasteiger partial charge in [0, 0.05) is 5.56 Å². The topological polar surface area (TPSA) is 38.3 Å². The maximum Gasteiger partial charge on any atom is 0.166 e. The molecule has 0 saturated heterocycles. The van der Waals surface area contributed by atoms with Crippen LogP contribution in [-0.4, -0.2) is 5.78 Å². The molecule has 0 aromatic heterocycles. The van der Waals surface area contributed by atoms with E-state index in [1.165, 1.54) is 0 Å². The Morgan fingerprint density at radius 3 is 2.04 bits per heavy atom. The van der Waals surface area contributed by atoms with Crippen molar-refractivity contribution < 1.29 is 9.63 Å². The molecule has 1 aliphatic heterocycles. The van der Waals surface area contributed by atoms with Crippen molar-refractivity contribution in [3.63, 3.8) is 0 Å². The minimum atomic E-state index is -0.834. The second-order valence-electron chi connectivity index (χ2n) is 6.35. The summed E-state index contributed by atoms with van der Waals surface area (Å²) in [4.78, 5) is 18.9. The molecule has 0 amide bonds. The number of Topliss-reactive ketones (excluding diaryl/α,β-unsaturated/α-hetero) is 1. The summed E-state index contributed by atoms with van der Waals surface area (Å²) in [5.41, 5.74) is 5.73. The predicted molar refractivity (Wildman–Crippen MR) is 102 cm³/mol. The quantitative estimate of drug-likeness (QED) is 0.682. The van der Waals surface area contributed by atoms with Crippen molar-refractivity contribution in [1.82, 2.24) is 5.48 Å². The Kier molecular flexibility index (Phi) is 4.38. The molecule has 128 valence electrons. The number of hydroxylamine groups is 1. The summed E-state index contributed by atoms with van der Waals surface area (Å²) in [7, 11) is 0. The molecule has 0 unspecified atom stereocenters. The van der Waals surface area contributed by atoms with Gasteiger partial charge in [-0.15, -0.1) is 0 Å². The first-order valence-electron chi connectivity index (χ1n) is 8.63. The third-order valence-corrected chi connectivity index (χ3v) is 4.59. The smallest absolute Gasteiger partial charge is 0.166 e. The molecule has 0 saturated carbocycles. The van der Waals surface area contributed by atoms with Gasteiger partial charge in [0.2, 0.25) is 0 Å². The van der Waals surface area contributed by atoms with E-state index < -0.39 is 5.60 Å². The highest BCUT2D eigenvalue weighted by Crippen LogP contribution is 2.38. The van der Waals surface area contributed by atoms with Gasteiger partial charge in [0.25, 0.3) is 0 Å². The van der Waals surface area contributed by atoms with E-state index in [0.717, 1.165) is 16.8 Å². The first kappa shape index (κ1) is 16.3. The molecule has 1 aliphatic rings. The zero-order valence-electron chi connectivity index (χ0n) is 14.3. The molecule has 0 fully saturated rings. The lowest BCUT2D eigenvalue weighted by molar-refractivity contribution is -0.0388. The van der Waals surface area contributed by atoms with Crippen molar-refractivity contribution in [1.29, 1.82) is 0 Å². The van der Waals surface area contributed by atoms with Crippen LogP contribution in [-0.2, 0) is 10.4 Å². The van der Waals surface area contributed by atoms with Crippen molar-refractivity contribution >= 4 is 11.5 Å². The highest BCUT2D eigenvalue weighted by molar-refractivity contribution is 5.97. The lowest BCUT2D eigenvalue weighted by Crippen LogP contribution is -2.30. The summed E-state index contributed by atoms with van der Waals surface area (Å²) < 4.78 is 0. The van der Waals surface area contributed by atoms with Gasteiger partial charge in [-0.05, 0) is 17.2 Å². The minimum Gasteiger partial charge on any atom is -0.294 e. The van der Waals surface area contributed by atoms with Gasteiger partial charge in [0.05, 0.1) is 12.1 Å². The molecule has 3 aromatic carbocycles. The number of nitrogens with one attached hydrogen (secondary N) is 1. The monoisotopic (exact) mass is 341 g/mol. The number of rotatable bonds is 5. The van der Waals surface area contributed by atoms with Gasteiger partial charge < -0.3 is 0 Å². The van der Waals surface area contributed by atoms with Crippen LogP contribution >= 0.6 is 0 Å². The van der Waals surface area contributed by atoms with Gasteiger partial charge in [-0.25, -0.2) is 0 Å². The Balaban J connectivity index is 1.73. The predicted octanol–water partition coefficient (Wildman–Crippen LogP) is 4.73. The highest BCUT2D eigenvalue weighted by atomic mass is 16.7. The Bertz CT molecular complexity index is 920. The van der Waals surface area contributed by atoms with Crippen molar-refractivity contribution in [2.24, 2.45) is 0 Å². The average Bonchev–Trinajstić information content (AvgIpc) is 3.15. The van der Waals surface area contributed by atoms with Crippen LogP contribution in [0, 0.1) is 0 Å². The molecule has 1 atom stereocenters. The van der Waals surface area contributed by atoms with Crippen molar-refractivity contribution in [3.8, 4) is 0 Å². The van der Waals surface area contributed by atoms with Crippen molar-refractivity contribution in [2.45, 2.75) is 12.0 Å². The largest absolute Gasteiger partial charge is 0.294 e. The van der Waals surface area contributed by atoms with Crippen LogP contribution in [0.25, 0.3) is 5.70 Å². The lowest BCUT2D eigenvalue weighted by Gasteiger charge is -2.25. The minimum absolute atomic E-state index is 0.0433. The van der Waals surface area contributed by atoms with E-state index in [-0.39, 0.29) is 12.2 Å². The molecule has 0 radical (unpaired) electrons. The number of benzene rings is 3. The van der Waals surface area contributed by atoms with E-state index in [2.05, 4.69) is 5.48 Å². The van der Waals surface area contributed by atoms with Gasteiger partial charge in [0.1, 0.15) is 5.60 Å². The summed E-state index contributed by atoms with van der Waals surface area (Å²) in [5.74, 6) is 0.0433. The van der Waals surface area contributed by atoms with Crippen LogP contribution in [0.4, 0.5) is 0 Å². The molecule has 1 N–H and O–H groups in total. The van der Waals surface area contributed by atoms with Crippen molar-refractivity contribution in [3.05, 3.63) is 114 Å². The number of ketones is 1. The molecule has 0 spiro atoms. The number of hydrogen-bond acceptors (Lipinski definition) is 3. The molecule has 4 rings (SSSR count). The van der Waals surface area contributed by atoms with E-state index in [9.17, 15) is 4.79 Å². The highest BCUT2D eigenvalue weighted by Gasteiger charge is 2.39. The molecule has 0 bridgehead atoms. The van der Waals surface area contributed by atoms with Crippen LogP contribution in [0.2, 0.25) is 0 Å². The summed E-state index contributed by atoms with van der Waals surface area (Å²) in [6.45, 7) is 0. The average molecular weight is 341 g/mol. The van der Waals surface area contributed by atoms with Crippen LogP contribution < -0.4 is 5.48 Å². The Morgan fingerprint density at radius 2 is 1.38 bits per heavy atom. The SMILES string of the molecule is O=C(C[C@@]1(c2ccccc2)C=C(c2ccccc2)NO1)c1ccccc1. The Morgan fingerprint density at radius 1 is 0.808 bits per heavy atom. The molecule has 3 heteroatoms. The zero-order valence-corrected chi connectivity index (χ0v) is 14.3. The fraction of sp³-hybridized carbons (Fsp3) is 0.0870. The molecule has 3 nitrogen and oxygen atoms in total. The van der Waals surface area contributed by atoms with E-state index >= 15 is 0 Å². The van der Waals surface area contributed by atoms with Crippen LogP contribution in [0.3, 0.4) is 0 Å². The molecule has 0 aliphatic carbocycles. The van der Waals surface area contributed by atoms with Gasteiger partial charge in [0.15, 0.2) is 5.78 Å². The zero-order chi connectivity index (χ0) is 17.8. The maximum absolute atomic E-state index is 12.9. The normalized spacial score (nSPS) is 18.8. The Labute approximate surface area is 152 Å². The Hall–Kier alpha value is -3.17. The summed E-state index contributed by atoms with van der Waals surface area (Å²) in [6, 6.07) is 29.2. The van der Waals surface area contributed by atoms with Gasteiger partial charge in [-0.2, -0.15) is 0 Å². The summed E-state index contributed by atoms with van der Waals surface area (Å²) in [6.07, 6.45) is 2.24. The van der Waals surface area contributed by atoms with Crippen LogP contribution in [0.15, 0.2) is 97.1 Å². The first-order valence-corrected chi connectivity index (χ1v) is 8.63. The summed E-state index contributed by atoms with van der Waals surface area (Å²) in [5, 5.41) is 0. The van der Waals surface area contributed by atoms with E-state index in [0.29, 0.717) is 5.56 Å². The van der Waals surface area contributed by atoms with Gasteiger partial charge in [-0.3, -0.25) is 15.1 Å². The van der Waals surface area contributed by atoms with E-state index in [1.807, 2.05) is 97.1 Å². The number of hydrogen-bond donors (Lipinski definition) is 1.